The Kier molecular flexibility index (Phi) is 6.45. The average molecular weight is 520 g/mol. The van der Waals surface area contributed by atoms with Crippen LogP contribution in [0, 0.1) is 17.4 Å². The molecule has 0 atom stereocenters. The van der Waals surface area contributed by atoms with Crippen molar-refractivity contribution < 1.29 is 23.9 Å². The van der Waals surface area contributed by atoms with Gasteiger partial charge in [-0.05, 0) is 84.3 Å². The Bertz CT molecular complexity index is 1080. The van der Waals surface area contributed by atoms with E-state index in [-0.39, 0.29) is 5.57 Å². The molecule has 0 radical (unpaired) electrons. The first-order valence-corrected chi connectivity index (χ1v) is 10.3. The zero-order valence-electron chi connectivity index (χ0n) is 17.0. The molecule has 0 spiro atoms. The van der Waals surface area contributed by atoms with E-state index in [2.05, 4.69) is 27.9 Å². The van der Waals surface area contributed by atoms with E-state index in [0.29, 0.717) is 29.4 Å². The van der Waals surface area contributed by atoms with Crippen molar-refractivity contribution in [2.75, 3.05) is 18.6 Å². The van der Waals surface area contributed by atoms with E-state index in [1.807, 2.05) is 26.8 Å². The highest BCUT2D eigenvalue weighted by Gasteiger charge is 2.37. The van der Waals surface area contributed by atoms with E-state index >= 15 is 0 Å². The molecular formula is C22H21IN2O5. The molecule has 1 fully saturated rings. The zero-order valence-corrected chi connectivity index (χ0v) is 19.2. The first-order valence-electron chi connectivity index (χ1n) is 9.26. The highest BCUT2D eigenvalue weighted by atomic mass is 127. The Hall–Kier alpha value is -2.88. The van der Waals surface area contributed by atoms with Crippen molar-refractivity contribution in [2.45, 2.75) is 20.8 Å². The van der Waals surface area contributed by atoms with Crippen LogP contribution in [0.3, 0.4) is 0 Å². The second kappa shape index (κ2) is 8.86. The molecule has 156 valence electrons. The maximum Gasteiger partial charge on any atom is 0.335 e. The summed E-state index contributed by atoms with van der Waals surface area (Å²) >= 11 is 2.10. The number of benzene rings is 2. The van der Waals surface area contributed by atoms with E-state index in [1.165, 1.54) is 13.2 Å². The summed E-state index contributed by atoms with van der Waals surface area (Å²) in [5, 5.41) is 2.25. The summed E-state index contributed by atoms with van der Waals surface area (Å²) in [7, 11) is 1.52. The summed E-state index contributed by atoms with van der Waals surface area (Å²) in [6, 6.07) is 8.02. The third-order valence-corrected chi connectivity index (χ3v) is 5.57. The van der Waals surface area contributed by atoms with Gasteiger partial charge in [0.1, 0.15) is 5.57 Å². The van der Waals surface area contributed by atoms with Gasteiger partial charge in [-0.15, -0.1) is 0 Å². The molecule has 7 nitrogen and oxygen atoms in total. The van der Waals surface area contributed by atoms with Crippen molar-refractivity contribution in [1.82, 2.24) is 5.32 Å². The van der Waals surface area contributed by atoms with Crippen LogP contribution in [0.2, 0.25) is 0 Å². The molecule has 2 aromatic rings. The van der Waals surface area contributed by atoms with Gasteiger partial charge in [-0.1, -0.05) is 12.1 Å². The molecule has 3 rings (SSSR count). The number of carbonyl (C=O) groups is 3. The van der Waals surface area contributed by atoms with E-state index in [4.69, 9.17) is 9.47 Å². The van der Waals surface area contributed by atoms with Gasteiger partial charge in [-0.25, -0.2) is 9.69 Å². The smallest absolute Gasteiger partial charge is 0.335 e. The van der Waals surface area contributed by atoms with Crippen LogP contribution in [-0.4, -0.2) is 31.6 Å². The van der Waals surface area contributed by atoms with Gasteiger partial charge in [0.05, 0.1) is 23.0 Å². The SMILES string of the molecule is CCOc1c(I)cc(/C=C2\C(=O)NC(=O)N(c3cccc(C)c3C)C2=O)cc1OC. The maximum absolute atomic E-state index is 13.1. The van der Waals surface area contributed by atoms with Gasteiger partial charge >= 0.3 is 6.03 Å². The summed E-state index contributed by atoms with van der Waals surface area (Å²) < 4.78 is 11.8. The summed E-state index contributed by atoms with van der Waals surface area (Å²) in [5.74, 6) is -0.342. The number of imide groups is 2. The van der Waals surface area contributed by atoms with Crippen LogP contribution in [0.15, 0.2) is 35.9 Å². The average Bonchev–Trinajstić information content (AvgIpc) is 2.70. The normalized spacial score (nSPS) is 15.4. The Labute approximate surface area is 188 Å². The number of hydrogen-bond donors (Lipinski definition) is 1. The van der Waals surface area contributed by atoms with Crippen LogP contribution < -0.4 is 19.7 Å². The molecule has 0 unspecified atom stereocenters. The maximum atomic E-state index is 13.1. The number of aryl methyl sites for hydroxylation is 1. The van der Waals surface area contributed by atoms with Gasteiger partial charge in [-0.2, -0.15) is 0 Å². The minimum atomic E-state index is -0.769. The summed E-state index contributed by atoms with van der Waals surface area (Å²) in [6.45, 7) is 6.06. The number of anilines is 1. The number of amides is 4. The molecule has 1 heterocycles. The molecule has 2 aromatic carbocycles. The van der Waals surface area contributed by atoms with Crippen molar-refractivity contribution in [3.8, 4) is 11.5 Å². The Morgan fingerprint density at radius 1 is 1.17 bits per heavy atom. The molecule has 8 heteroatoms. The highest BCUT2D eigenvalue weighted by molar-refractivity contribution is 14.1. The third-order valence-electron chi connectivity index (χ3n) is 4.77. The zero-order chi connectivity index (χ0) is 22.0. The number of urea groups is 1. The Morgan fingerprint density at radius 3 is 2.57 bits per heavy atom. The summed E-state index contributed by atoms with van der Waals surface area (Å²) in [4.78, 5) is 39.0. The molecule has 4 amide bonds. The highest BCUT2D eigenvalue weighted by Crippen LogP contribution is 2.35. The number of methoxy groups -OCH3 is 1. The summed E-state index contributed by atoms with van der Waals surface area (Å²) in [5.41, 5.74) is 2.59. The largest absolute Gasteiger partial charge is 0.493 e. The van der Waals surface area contributed by atoms with Crippen molar-refractivity contribution in [3.05, 3.63) is 56.2 Å². The number of halogens is 1. The number of nitrogens with zero attached hydrogens (tertiary/aromatic N) is 1. The lowest BCUT2D eigenvalue weighted by atomic mass is 10.0. The molecule has 0 saturated carbocycles. The summed E-state index contributed by atoms with van der Waals surface area (Å²) in [6.07, 6.45) is 1.45. The first kappa shape index (κ1) is 21.8. The van der Waals surface area contributed by atoms with Gasteiger partial charge in [-0.3, -0.25) is 14.9 Å². The quantitative estimate of drug-likeness (QED) is 0.367. The van der Waals surface area contributed by atoms with E-state index in [0.717, 1.165) is 19.6 Å². The fraction of sp³-hybridized carbons (Fsp3) is 0.227. The lowest BCUT2D eigenvalue weighted by Crippen LogP contribution is -2.54. The van der Waals surface area contributed by atoms with Crippen LogP contribution in [0.25, 0.3) is 6.08 Å². The number of carbonyl (C=O) groups excluding carboxylic acids is 3. The number of hydrogen-bond acceptors (Lipinski definition) is 5. The van der Waals surface area contributed by atoms with Crippen LogP contribution >= 0.6 is 22.6 Å². The number of ether oxygens (including phenoxy) is 2. The van der Waals surface area contributed by atoms with Crippen molar-refractivity contribution in [2.24, 2.45) is 0 Å². The molecule has 0 aliphatic carbocycles. The van der Waals surface area contributed by atoms with Crippen LogP contribution in [0.5, 0.6) is 11.5 Å². The van der Waals surface area contributed by atoms with E-state index < -0.39 is 17.8 Å². The fourth-order valence-corrected chi connectivity index (χ4v) is 3.91. The molecule has 0 bridgehead atoms. The third kappa shape index (κ3) is 4.04. The van der Waals surface area contributed by atoms with Crippen LogP contribution in [-0.2, 0) is 9.59 Å². The molecule has 1 saturated heterocycles. The second-order valence-electron chi connectivity index (χ2n) is 6.64. The predicted molar refractivity (Wildman–Crippen MR) is 122 cm³/mol. The molecule has 30 heavy (non-hydrogen) atoms. The van der Waals surface area contributed by atoms with Gasteiger partial charge in [0, 0.05) is 0 Å². The lowest BCUT2D eigenvalue weighted by molar-refractivity contribution is -0.122. The number of nitrogens with one attached hydrogen (secondary N) is 1. The van der Waals surface area contributed by atoms with E-state index in [1.54, 1.807) is 24.3 Å². The minimum Gasteiger partial charge on any atom is -0.493 e. The van der Waals surface area contributed by atoms with Gasteiger partial charge < -0.3 is 9.47 Å². The van der Waals surface area contributed by atoms with Crippen molar-refractivity contribution >= 4 is 52.2 Å². The Balaban J connectivity index is 2.07. The molecule has 0 aromatic heterocycles. The van der Waals surface area contributed by atoms with Gasteiger partial charge in [0.25, 0.3) is 11.8 Å². The van der Waals surface area contributed by atoms with Gasteiger partial charge in [0.2, 0.25) is 0 Å². The molecule has 1 aliphatic rings. The van der Waals surface area contributed by atoms with Gasteiger partial charge in [0.15, 0.2) is 11.5 Å². The van der Waals surface area contributed by atoms with Crippen LogP contribution in [0.4, 0.5) is 10.5 Å². The number of barbiturate groups is 1. The predicted octanol–water partition coefficient (Wildman–Crippen LogP) is 3.98. The van der Waals surface area contributed by atoms with Crippen LogP contribution in [0.1, 0.15) is 23.6 Å². The van der Waals surface area contributed by atoms with Crippen molar-refractivity contribution in [1.29, 1.82) is 0 Å². The van der Waals surface area contributed by atoms with Crippen molar-refractivity contribution in [3.63, 3.8) is 0 Å². The molecule has 1 aliphatic heterocycles. The monoisotopic (exact) mass is 520 g/mol. The molecular weight excluding hydrogens is 499 g/mol. The Morgan fingerprint density at radius 2 is 1.90 bits per heavy atom. The second-order valence-corrected chi connectivity index (χ2v) is 7.81. The topological polar surface area (TPSA) is 84.9 Å². The first-order chi connectivity index (χ1) is 14.3. The number of rotatable bonds is 5. The fourth-order valence-electron chi connectivity index (χ4n) is 3.13. The van der Waals surface area contributed by atoms with E-state index in [9.17, 15) is 14.4 Å². The lowest BCUT2D eigenvalue weighted by Gasteiger charge is -2.28. The molecule has 1 N–H and O–H groups in total. The minimum absolute atomic E-state index is 0.141. The standard InChI is InChI=1S/C22H21IN2O5/c1-5-30-19-16(23)10-14(11-18(19)29-4)9-15-20(26)24-22(28)25(21(15)27)17-8-6-7-12(2)13(17)3/h6-11H,5H2,1-4H3,(H,24,26,28)/b15-9+.